The molecule has 14 nitrogen and oxygen atoms in total. The van der Waals surface area contributed by atoms with Crippen LogP contribution in [0.2, 0.25) is 0 Å². The van der Waals surface area contributed by atoms with Gasteiger partial charge in [0.2, 0.25) is 5.78 Å². The Labute approximate surface area is 231 Å². The lowest BCUT2D eigenvalue weighted by atomic mass is 9.57. The molecule has 4 unspecified atom stereocenters. The average molecular weight is 566 g/mol. The number of ketones is 2. The quantitative estimate of drug-likeness (QED) is 0.217. The van der Waals surface area contributed by atoms with Crippen molar-refractivity contribution in [2.75, 3.05) is 14.1 Å². The Balaban J connectivity index is 1.58. The fraction of sp³-hybridized carbons (Fsp3) is 0.333. The van der Waals surface area contributed by atoms with E-state index in [1.54, 1.807) is 0 Å². The first-order valence-electron chi connectivity index (χ1n) is 12.6. The number of rotatable bonds is 5. The van der Waals surface area contributed by atoms with E-state index >= 15 is 0 Å². The highest BCUT2D eigenvalue weighted by molar-refractivity contribution is 6.24. The van der Waals surface area contributed by atoms with Crippen LogP contribution in [0.25, 0.3) is 5.76 Å². The first kappa shape index (κ1) is 27.7. The smallest absolute Gasteiger partial charge is 0.270 e. The minimum atomic E-state index is -2.73. The third kappa shape index (κ3) is 4.10. The molecule has 0 aliphatic heterocycles. The number of carbonyl (C=O) groups is 4. The number of aromatic hydroxyl groups is 1. The zero-order valence-corrected chi connectivity index (χ0v) is 22.0. The molecular formula is C27H27N5O9. The molecule has 0 bridgehead atoms. The predicted molar refractivity (Wildman–Crippen MR) is 140 cm³/mol. The van der Waals surface area contributed by atoms with Crippen molar-refractivity contribution in [1.29, 1.82) is 0 Å². The van der Waals surface area contributed by atoms with E-state index in [1.165, 1.54) is 31.1 Å². The predicted octanol–water partition coefficient (Wildman–Crippen LogP) is -1.02. The molecule has 1 heterocycles. The van der Waals surface area contributed by atoms with Gasteiger partial charge in [-0.2, -0.15) is 0 Å². The number of aromatic amines is 1. The summed E-state index contributed by atoms with van der Waals surface area (Å²) in [5.74, 6) is -8.05. The van der Waals surface area contributed by atoms with Gasteiger partial charge in [0.25, 0.3) is 17.4 Å². The molecule has 5 rings (SSSR count). The number of primary amides is 1. The Kier molecular flexibility index (Phi) is 6.54. The normalized spacial score (nSPS) is 25.5. The van der Waals surface area contributed by atoms with Crippen LogP contribution in [0.5, 0.6) is 5.75 Å². The second-order valence-electron chi connectivity index (χ2n) is 10.5. The van der Waals surface area contributed by atoms with Crippen LogP contribution in [0.3, 0.4) is 0 Å². The molecule has 1 aromatic carbocycles. The summed E-state index contributed by atoms with van der Waals surface area (Å²) in [4.78, 5) is 70.8. The summed E-state index contributed by atoms with van der Waals surface area (Å²) in [6.07, 6.45) is 1.09. The number of likely N-dealkylation sites (N-methyl/N-ethyl adjacent to an activating group) is 1. The molecule has 0 saturated heterocycles. The number of hydrogen-bond donors (Lipinski definition) is 7. The highest BCUT2D eigenvalue weighted by Gasteiger charge is 2.64. The number of fused-ring (bicyclic) bond motifs is 3. The number of benzene rings is 1. The average Bonchev–Trinajstić information content (AvgIpc) is 2.89. The van der Waals surface area contributed by atoms with Crippen molar-refractivity contribution < 1.29 is 39.6 Å². The monoisotopic (exact) mass is 565 g/mol. The molecule has 4 atom stereocenters. The van der Waals surface area contributed by atoms with E-state index in [-0.39, 0.29) is 42.0 Å². The van der Waals surface area contributed by atoms with Crippen LogP contribution in [-0.2, 0) is 27.3 Å². The van der Waals surface area contributed by atoms with Crippen molar-refractivity contribution >= 4 is 29.1 Å². The largest absolute Gasteiger partial charge is 0.508 e. The highest BCUT2D eigenvalue weighted by Crippen LogP contribution is 2.52. The molecule has 1 aromatic heterocycles. The second kappa shape index (κ2) is 9.67. The number of Topliss-reactive ketones (excluding diaryl/α,β-unsaturated/α-hetero) is 2. The maximum absolute atomic E-state index is 13.9. The molecule has 1 saturated carbocycles. The first-order chi connectivity index (χ1) is 19.3. The summed E-state index contributed by atoms with van der Waals surface area (Å²) < 4.78 is 0. The van der Waals surface area contributed by atoms with E-state index in [0.29, 0.717) is 11.1 Å². The minimum absolute atomic E-state index is 0.0655. The highest BCUT2D eigenvalue weighted by atomic mass is 16.3. The van der Waals surface area contributed by atoms with Crippen LogP contribution in [0, 0.1) is 11.8 Å². The molecule has 3 aliphatic rings. The van der Waals surface area contributed by atoms with Crippen molar-refractivity contribution in [2.45, 2.75) is 31.0 Å². The van der Waals surface area contributed by atoms with E-state index in [1.807, 2.05) is 0 Å². The van der Waals surface area contributed by atoms with Gasteiger partial charge >= 0.3 is 0 Å². The molecule has 1 fully saturated rings. The maximum atomic E-state index is 13.9. The van der Waals surface area contributed by atoms with Crippen LogP contribution in [0.15, 0.2) is 46.2 Å². The van der Waals surface area contributed by atoms with E-state index in [9.17, 15) is 44.4 Å². The Hall–Kier alpha value is -4.82. The number of carbonyl (C=O) groups excluding carboxylic acids is 4. The van der Waals surface area contributed by atoms with Gasteiger partial charge in [-0.05, 0) is 50.0 Å². The van der Waals surface area contributed by atoms with Gasteiger partial charge in [-0.25, -0.2) is 4.98 Å². The molecule has 214 valence electrons. The van der Waals surface area contributed by atoms with Gasteiger partial charge < -0.3 is 36.5 Å². The van der Waals surface area contributed by atoms with Crippen molar-refractivity contribution in [3.8, 4) is 5.75 Å². The van der Waals surface area contributed by atoms with Gasteiger partial charge in [-0.1, -0.05) is 6.07 Å². The second-order valence-corrected chi connectivity index (χ2v) is 10.5. The van der Waals surface area contributed by atoms with Crippen molar-refractivity contribution in [3.63, 3.8) is 0 Å². The van der Waals surface area contributed by atoms with Crippen LogP contribution in [0.1, 0.15) is 33.6 Å². The number of nitrogens with two attached hydrogens (primary N) is 1. The number of nitrogens with one attached hydrogen (secondary N) is 2. The maximum Gasteiger partial charge on any atom is 0.270 e. The van der Waals surface area contributed by atoms with Crippen molar-refractivity contribution in [2.24, 2.45) is 17.6 Å². The van der Waals surface area contributed by atoms with E-state index in [0.717, 1.165) is 12.4 Å². The standard InChI is InChI=1S/C27H27N5O9/c1-32(2)20-13-6-11-5-12-10(8-29-26(40)14-7-16(34)31-9-30-14)3-4-15(33)18(12)21(35)17(11)23(37)27(13,41)24(38)19(22(20)36)25(28)39/h3-4,7,9,11,13,20,33,35,38,41H,5-6,8H2,1-2H3,(H2,28,39)(H,29,40)(H,30,31,34). The molecule has 2 aromatic rings. The minimum Gasteiger partial charge on any atom is -0.508 e. The lowest BCUT2D eigenvalue weighted by Gasteiger charge is -2.50. The summed E-state index contributed by atoms with van der Waals surface area (Å²) in [7, 11) is 3.03. The Morgan fingerprint density at radius 3 is 2.54 bits per heavy atom. The summed E-state index contributed by atoms with van der Waals surface area (Å²) in [5, 5.41) is 47.1. The fourth-order valence-corrected chi connectivity index (χ4v) is 6.23. The Morgan fingerprint density at radius 1 is 1.20 bits per heavy atom. The van der Waals surface area contributed by atoms with Gasteiger partial charge in [0.1, 0.15) is 28.5 Å². The fourth-order valence-electron chi connectivity index (χ4n) is 6.23. The van der Waals surface area contributed by atoms with Crippen LogP contribution < -0.4 is 16.6 Å². The van der Waals surface area contributed by atoms with Gasteiger partial charge in [-0.3, -0.25) is 28.9 Å². The van der Waals surface area contributed by atoms with E-state index < -0.39 is 69.5 Å². The third-order valence-electron chi connectivity index (χ3n) is 8.05. The van der Waals surface area contributed by atoms with Gasteiger partial charge in [0.15, 0.2) is 11.4 Å². The number of amides is 2. The lowest BCUT2D eigenvalue weighted by Crippen LogP contribution is -2.65. The van der Waals surface area contributed by atoms with Gasteiger partial charge in [-0.15, -0.1) is 0 Å². The number of aromatic nitrogens is 2. The molecule has 0 radical (unpaired) electrons. The zero-order valence-electron chi connectivity index (χ0n) is 22.0. The summed E-state index contributed by atoms with van der Waals surface area (Å²) in [5.41, 5.74) is 1.60. The van der Waals surface area contributed by atoms with Gasteiger partial charge in [0.05, 0.1) is 17.9 Å². The van der Waals surface area contributed by atoms with Crippen molar-refractivity contribution in [3.05, 3.63) is 74.2 Å². The van der Waals surface area contributed by atoms with Gasteiger partial charge in [0, 0.05) is 24.1 Å². The third-order valence-corrected chi connectivity index (χ3v) is 8.05. The molecule has 14 heteroatoms. The number of phenolic OH excluding ortho intramolecular Hbond substituents is 1. The van der Waals surface area contributed by atoms with E-state index in [2.05, 4.69) is 15.3 Å². The topological polar surface area (TPSA) is 236 Å². The first-order valence-corrected chi connectivity index (χ1v) is 12.6. The molecule has 0 spiro atoms. The number of nitrogens with zero attached hydrogens (tertiary/aromatic N) is 2. The van der Waals surface area contributed by atoms with Crippen molar-refractivity contribution in [1.82, 2.24) is 20.2 Å². The summed E-state index contributed by atoms with van der Waals surface area (Å²) >= 11 is 0. The van der Waals surface area contributed by atoms with Crippen LogP contribution >= 0.6 is 0 Å². The molecule has 41 heavy (non-hydrogen) atoms. The molecule has 8 N–H and O–H groups in total. The molecular weight excluding hydrogens is 538 g/mol. The number of hydrogen-bond acceptors (Lipinski definition) is 11. The molecule has 3 aliphatic carbocycles. The Morgan fingerprint density at radius 2 is 1.90 bits per heavy atom. The lowest BCUT2D eigenvalue weighted by molar-refractivity contribution is -0.153. The summed E-state index contributed by atoms with van der Waals surface area (Å²) in [6, 6.07) is 2.62. The zero-order chi connectivity index (χ0) is 30.0. The number of aliphatic hydroxyl groups is 3. The van der Waals surface area contributed by atoms with Crippen LogP contribution in [0.4, 0.5) is 0 Å². The number of aliphatic hydroxyl groups excluding tert-OH is 2. The Bertz CT molecular complexity index is 1660. The van der Waals surface area contributed by atoms with Crippen LogP contribution in [-0.4, -0.2) is 84.4 Å². The summed E-state index contributed by atoms with van der Waals surface area (Å²) in [6.45, 7) is -0.0864. The SMILES string of the molecule is CN(C)C1C(=O)C(C(N)=O)=C(O)C2(O)C(=O)C3=C(O)c4c(O)ccc(CNC(=O)c5cc(=O)[nH]cn5)c4CC3CC12. The number of H-pyrrole nitrogens is 1. The number of phenols is 1. The van der Waals surface area contributed by atoms with E-state index in [4.69, 9.17) is 5.73 Å². The molecule has 2 amide bonds.